The monoisotopic (exact) mass is 322 g/mol. The molecule has 0 radical (unpaired) electrons. The average molecular weight is 322 g/mol. The molecule has 0 aromatic carbocycles. The Bertz CT molecular complexity index is 531. The van der Waals surface area contributed by atoms with Gasteiger partial charge in [-0.25, -0.2) is 0 Å². The summed E-state index contributed by atoms with van der Waals surface area (Å²) >= 11 is 0. The molecule has 4 rings (SSSR count). The van der Waals surface area contributed by atoms with E-state index < -0.39 is 12.2 Å². The Morgan fingerprint density at radius 2 is 1.78 bits per heavy atom. The molecule has 4 N–H and O–H groups in total. The number of rotatable bonds is 0. The molecule has 0 aromatic rings. The summed E-state index contributed by atoms with van der Waals surface area (Å²) in [6, 6.07) is 0. The molecule has 0 aromatic heterocycles. The van der Waals surface area contributed by atoms with E-state index in [-0.39, 0.29) is 40.8 Å². The SMILES string of the molecule is C[C@]12C[C@@H](O)[C@H]3C([C@@H](O)C=C4C[C@@H](O)CC[C@@]43C)[C@@H]1CC[C@@H]2O. The third-order valence-corrected chi connectivity index (χ3v) is 7.99. The molecule has 0 saturated heterocycles. The van der Waals surface area contributed by atoms with Gasteiger partial charge in [-0.3, -0.25) is 0 Å². The molecule has 4 aliphatic carbocycles. The van der Waals surface area contributed by atoms with E-state index in [2.05, 4.69) is 13.8 Å². The van der Waals surface area contributed by atoms with Crippen molar-refractivity contribution in [1.29, 1.82) is 0 Å². The van der Waals surface area contributed by atoms with Crippen LogP contribution in [0.3, 0.4) is 0 Å². The number of hydrogen-bond donors (Lipinski definition) is 4. The van der Waals surface area contributed by atoms with Gasteiger partial charge in [0.1, 0.15) is 0 Å². The molecule has 4 heteroatoms. The Balaban J connectivity index is 1.78. The molecular weight excluding hydrogens is 292 g/mol. The van der Waals surface area contributed by atoms with Crippen molar-refractivity contribution in [1.82, 2.24) is 0 Å². The zero-order chi connectivity index (χ0) is 16.6. The molecule has 23 heavy (non-hydrogen) atoms. The molecule has 130 valence electrons. The summed E-state index contributed by atoms with van der Waals surface area (Å²) < 4.78 is 0. The minimum Gasteiger partial charge on any atom is -0.393 e. The van der Waals surface area contributed by atoms with Gasteiger partial charge in [0.15, 0.2) is 0 Å². The van der Waals surface area contributed by atoms with Gasteiger partial charge in [-0.2, -0.15) is 0 Å². The van der Waals surface area contributed by atoms with Gasteiger partial charge < -0.3 is 20.4 Å². The summed E-state index contributed by atoms with van der Waals surface area (Å²) in [5.41, 5.74) is 0.723. The zero-order valence-electron chi connectivity index (χ0n) is 14.2. The Labute approximate surface area is 138 Å². The van der Waals surface area contributed by atoms with Crippen molar-refractivity contribution in [2.24, 2.45) is 28.6 Å². The first-order valence-corrected chi connectivity index (χ1v) is 9.21. The van der Waals surface area contributed by atoms with Crippen LogP contribution >= 0.6 is 0 Å². The third-order valence-electron chi connectivity index (χ3n) is 7.99. The van der Waals surface area contributed by atoms with E-state index in [1.54, 1.807) is 0 Å². The lowest BCUT2D eigenvalue weighted by Crippen LogP contribution is -2.60. The van der Waals surface area contributed by atoms with Crippen molar-refractivity contribution in [2.45, 2.75) is 76.8 Å². The highest BCUT2D eigenvalue weighted by molar-refractivity contribution is 5.29. The van der Waals surface area contributed by atoms with Crippen LogP contribution in [0, 0.1) is 28.6 Å². The van der Waals surface area contributed by atoms with Crippen LogP contribution < -0.4 is 0 Å². The summed E-state index contributed by atoms with van der Waals surface area (Å²) in [4.78, 5) is 0. The topological polar surface area (TPSA) is 80.9 Å². The summed E-state index contributed by atoms with van der Waals surface area (Å²) in [7, 11) is 0. The minimum absolute atomic E-state index is 0.0184. The summed E-state index contributed by atoms with van der Waals surface area (Å²) in [6.07, 6.45) is 4.80. The van der Waals surface area contributed by atoms with Gasteiger partial charge in [-0.05, 0) is 67.1 Å². The number of aliphatic hydroxyl groups excluding tert-OH is 4. The normalized spacial score (nSPS) is 58.9. The number of fused-ring (bicyclic) bond motifs is 5. The van der Waals surface area contributed by atoms with Gasteiger partial charge >= 0.3 is 0 Å². The second kappa shape index (κ2) is 5.04. The third kappa shape index (κ3) is 2.05. The quantitative estimate of drug-likeness (QED) is 0.511. The number of aliphatic hydroxyl groups is 4. The van der Waals surface area contributed by atoms with E-state index in [1.165, 1.54) is 0 Å². The molecule has 0 bridgehead atoms. The molecule has 4 nitrogen and oxygen atoms in total. The van der Waals surface area contributed by atoms with E-state index in [1.807, 2.05) is 6.08 Å². The van der Waals surface area contributed by atoms with Gasteiger partial charge in [0.25, 0.3) is 0 Å². The molecular formula is C19H30O4. The Hall–Kier alpha value is -0.420. The van der Waals surface area contributed by atoms with Crippen molar-refractivity contribution in [3.63, 3.8) is 0 Å². The van der Waals surface area contributed by atoms with Crippen molar-refractivity contribution in [3.8, 4) is 0 Å². The predicted octanol–water partition coefficient (Wildman–Crippen LogP) is 1.61. The molecule has 3 fully saturated rings. The molecule has 4 aliphatic rings. The van der Waals surface area contributed by atoms with E-state index in [4.69, 9.17) is 0 Å². The molecule has 0 amide bonds. The van der Waals surface area contributed by atoms with E-state index in [0.29, 0.717) is 12.8 Å². The molecule has 0 aliphatic heterocycles. The minimum atomic E-state index is -0.571. The summed E-state index contributed by atoms with van der Waals surface area (Å²) in [5.74, 6) is 0.320. The van der Waals surface area contributed by atoms with Gasteiger partial charge in [0.05, 0.1) is 24.4 Å². The fourth-order valence-electron chi connectivity index (χ4n) is 6.72. The van der Waals surface area contributed by atoms with Crippen LogP contribution in [0.15, 0.2) is 11.6 Å². The first-order chi connectivity index (χ1) is 10.8. The van der Waals surface area contributed by atoms with E-state index >= 15 is 0 Å². The first kappa shape index (κ1) is 16.1. The van der Waals surface area contributed by atoms with Crippen LogP contribution in [0.5, 0.6) is 0 Å². The maximum absolute atomic E-state index is 11.0. The highest BCUT2D eigenvalue weighted by Crippen LogP contribution is 2.64. The Morgan fingerprint density at radius 1 is 1.04 bits per heavy atom. The molecule has 0 spiro atoms. The van der Waals surface area contributed by atoms with Crippen LogP contribution in [0.25, 0.3) is 0 Å². The van der Waals surface area contributed by atoms with Gasteiger partial charge in [0.2, 0.25) is 0 Å². The van der Waals surface area contributed by atoms with Crippen LogP contribution in [0.2, 0.25) is 0 Å². The fraction of sp³-hybridized carbons (Fsp3) is 0.895. The lowest BCUT2D eigenvalue weighted by Gasteiger charge is -2.60. The zero-order valence-corrected chi connectivity index (χ0v) is 14.2. The maximum Gasteiger partial charge on any atom is 0.0758 e. The van der Waals surface area contributed by atoms with Crippen LogP contribution in [-0.4, -0.2) is 44.8 Å². The maximum atomic E-state index is 11.0. The van der Waals surface area contributed by atoms with Crippen LogP contribution in [0.1, 0.15) is 52.4 Å². The molecule has 9 atom stereocenters. The summed E-state index contributed by atoms with van der Waals surface area (Å²) in [5, 5.41) is 42.4. The Kier molecular flexibility index (Phi) is 3.52. The largest absolute Gasteiger partial charge is 0.393 e. The van der Waals surface area contributed by atoms with Gasteiger partial charge in [-0.15, -0.1) is 0 Å². The van der Waals surface area contributed by atoms with Crippen molar-refractivity contribution < 1.29 is 20.4 Å². The second-order valence-electron chi connectivity index (χ2n) is 9.08. The second-order valence-corrected chi connectivity index (χ2v) is 9.08. The standard InChI is InChI=1S/C19H30O4/c1-18-6-5-11(20)7-10(18)8-13(21)16-12-3-4-15(23)19(12,2)9-14(22)17(16)18/h8,11-17,20-23H,3-7,9H2,1-2H3/t11-,12-,13-,14+,15-,16?,17-,18-,19-/m0/s1. The molecule has 1 unspecified atom stereocenters. The fourth-order valence-corrected chi connectivity index (χ4v) is 6.72. The average Bonchev–Trinajstić information content (AvgIpc) is 2.76. The van der Waals surface area contributed by atoms with Crippen LogP contribution in [-0.2, 0) is 0 Å². The van der Waals surface area contributed by atoms with Crippen molar-refractivity contribution in [2.75, 3.05) is 0 Å². The molecule has 3 saturated carbocycles. The predicted molar refractivity (Wildman–Crippen MR) is 86.5 cm³/mol. The highest BCUT2D eigenvalue weighted by Gasteiger charge is 2.63. The summed E-state index contributed by atoms with van der Waals surface area (Å²) in [6.45, 7) is 4.30. The van der Waals surface area contributed by atoms with Gasteiger partial charge in [-0.1, -0.05) is 25.5 Å². The Morgan fingerprint density at radius 3 is 2.52 bits per heavy atom. The lowest BCUT2D eigenvalue weighted by atomic mass is 9.46. The van der Waals surface area contributed by atoms with E-state index in [9.17, 15) is 20.4 Å². The lowest BCUT2D eigenvalue weighted by molar-refractivity contribution is -0.160. The van der Waals surface area contributed by atoms with Crippen molar-refractivity contribution in [3.05, 3.63) is 11.6 Å². The van der Waals surface area contributed by atoms with Crippen LogP contribution in [0.4, 0.5) is 0 Å². The van der Waals surface area contributed by atoms with Crippen molar-refractivity contribution >= 4 is 0 Å². The number of hydrogen-bond acceptors (Lipinski definition) is 4. The first-order valence-electron chi connectivity index (χ1n) is 9.21. The van der Waals surface area contributed by atoms with Gasteiger partial charge in [0, 0.05) is 0 Å². The smallest absolute Gasteiger partial charge is 0.0758 e. The highest BCUT2D eigenvalue weighted by atomic mass is 16.3. The molecule has 0 heterocycles. The van der Waals surface area contributed by atoms with E-state index in [0.717, 1.165) is 31.3 Å².